The molecule has 0 aromatic carbocycles. The average Bonchev–Trinajstić information content (AvgIpc) is 2.82. The molecule has 0 aliphatic rings. The van der Waals surface area contributed by atoms with Gasteiger partial charge in [-0.1, -0.05) is 6.07 Å². The van der Waals surface area contributed by atoms with Crippen LogP contribution in [-0.4, -0.2) is 15.9 Å². The fourth-order valence-electron chi connectivity index (χ4n) is 1.09. The van der Waals surface area contributed by atoms with Crippen LogP contribution in [0.1, 0.15) is 10.5 Å². The van der Waals surface area contributed by atoms with E-state index in [1.165, 1.54) is 11.3 Å². The molecule has 0 fully saturated rings. The predicted molar refractivity (Wildman–Crippen MR) is 62.1 cm³/mol. The molecule has 0 bridgehead atoms. The smallest absolute Gasteiger partial charge is 0.276 e. The fourth-order valence-corrected chi connectivity index (χ4v) is 1.61. The molecular weight excluding hydrogens is 226 g/mol. The number of rotatable bonds is 3. The van der Waals surface area contributed by atoms with Gasteiger partial charge in [-0.3, -0.25) is 10.1 Å². The van der Waals surface area contributed by atoms with Gasteiger partial charge in [0, 0.05) is 11.6 Å². The van der Waals surface area contributed by atoms with Crippen molar-refractivity contribution in [2.24, 2.45) is 5.84 Å². The lowest BCUT2D eigenvalue weighted by Crippen LogP contribution is -2.15. The number of nitrogens with zero attached hydrogens (tertiary/aromatic N) is 2. The van der Waals surface area contributed by atoms with Crippen LogP contribution < -0.4 is 16.6 Å². The van der Waals surface area contributed by atoms with Gasteiger partial charge in [0.15, 0.2) is 5.13 Å². The average molecular weight is 235 g/mol. The Hall–Kier alpha value is -1.99. The number of amides is 1. The highest BCUT2D eigenvalue weighted by Crippen LogP contribution is 2.12. The lowest BCUT2D eigenvalue weighted by Gasteiger charge is -2.03. The van der Waals surface area contributed by atoms with Crippen molar-refractivity contribution >= 4 is 28.2 Å². The van der Waals surface area contributed by atoms with Gasteiger partial charge >= 0.3 is 0 Å². The maximum atomic E-state index is 11.7. The zero-order valence-corrected chi connectivity index (χ0v) is 8.99. The summed E-state index contributed by atoms with van der Waals surface area (Å²) in [5.74, 6) is 5.32. The molecule has 7 heteroatoms. The van der Waals surface area contributed by atoms with Crippen LogP contribution in [0.2, 0.25) is 0 Å². The van der Waals surface area contributed by atoms with Crippen molar-refractivity contribution in [1.82, 2.24) is 9.97 Å². The van der Waals surface area contributed by atoms with Crippen LogP contribution in [0.15, 0.2) is 29.8 Å². The van der Waals surface area contributed by atoms with Gasteiger partial charge in [-0.05, 0) is 12.1 Å². The number of carbonyl (C=O) groups excluding carboxylic acids is 1. The Morgan fingerprint density at radius 3 is 3.00 bits per heavy atom. The summed E-state index contributed by atoms with van der Waals surface area (Å²) in [6, 6.07) is 4.96. The molecule has 0 spiro atoms. The number of aromatic nitrogens is 2. The van der Waals surface area contributed by atoms with Crippen molar-refractivity contribution in [2.45, 2.75) is 0 Å². The van der Waals surface area contributed by atoms with Crippen molar-refractivity contribution in [1.29, 1.82) is 0 Å². The van der Waals surface area contributed by atoms with Crippen LogP contribution in [0.25, 0.3) is 0 Å². The zero-order valence-electron chi connectivity index (χ0n) is 8.18. The predicted octanol–water partition coefficient (Wildman–Crippen LogP) is 1.08. The van der Waals surface area contributed by atoms with Gasteiger partial charge in [0.05, 0.1) is 0 Å². The zero-order chi connectivity index (χ0) is 11.4. The summed E-state index contributed by atoms with van der Waals surface area (Å²) < 4.78 is 0. The van der Waals surface area contributed by atoms with Crippen molar-refractivity contribution in [3.63, 3.8) is 0 Å². The molecule has 4 N–H and O–H groups in total. The molecule has 2 aromatic heterocycles. The molecule has 0 aliphatic carbocycles. The summed E-state index contributed by atoms with van der Waals surface area (Å²) in [7, 11) is 0. The van der Waals surface area contributed by atoms with Gasteiger partial charge in [0.1, 0.15) is 11.5 Å². The van der Waals surface area contributed by atoms with E-state index in [9.17, 15) is 4.79 Å². The first-order chi connectivity index (χ1) is 7.79. The molecule has 2 aromatic rings. The molecule has 0 radical (unpaired) electrons. The molecule has 2 rings (SSSR count). The lowest BCUT2D eigenvalue weighted by molar-refractivity contribution is 0.102. The van der Waals surface area contributed by atoms with Gasteiger partial charge in [-0.25, -0.2) is 15.8 Å². The Balaban J connectivity index is 2.14. The van der Waals surface area contributed by atoms with Crippen molar-refractivity contribution in [3.8, 4) is 0 Å². The largest absolute Gasteiger partial charge is 0.308 e. The normalized spacial score (nSPS) is 9.81. The van der Waals surface area contributed by atoms with E-state index in [2.05, 4.69) is 20.7 Å². The number of thiazole rings is 1. The monoisotopic (exact) mass is 235 g/mol. The van der Waals surface area contributed by atoms with E-state index in [-0.39, 0.29) is 11.6 Å². The minimum absolute atomic E-state index is 0.283. The van der Waals surface area contributed by atoms with Gasteiger partial charge in [-0.2, -0.15) is 0 Å². The summed E-state index contributed by atoms with van der Waals surface area (Å²) in [6.07, 6.45) is 1.62. The van der Waals surface area contributed by atoms with Crippen LogP contribution in [0, 0.1) is 0 Å². The van der Waals surface area contributed by atoms with E-state index in [0.717, 1.165) is 0 Å². The Labute approximate surface area is 95.5 Å². The number of hydrogen-bond donors (Lipinski definition) is 3. The van der Waals surface area contributed by atoms with Crippen LogP contribution >= 0.6 is 11.3 Å². The van der Waals surface area contributed by atoms with Crippen LogP contribution in [0.3, 0.4) is 0 Å². The van der Waals surface area contributed by atoms with Gasteiger partial charge < -0.3 is 5.43 Å². The van der Waals surface area contributed by atoms with Crippen LogP contribution in [0.5, 0.6) is 0 Å². The first-order valence-electron chi connectivity index (χ1n) is 4.44. The van der Waals surface area contributed by atoms with E-state index in [4.69, 9.17) is 5.84 Å². The maximum absolute atomic E-state index is 11.7. The molecule has 1 amide bonds. The number of anilines is 2. The molecule has 0 aliphatic heterocycles. The molecule has 6 nitrogen and oxygen atoms in total. The van der Waals surface area contributed by atoms with E-state index >= 15 is 0 Å². The molecule has 0 unspecified atom stereocenters. The van der Waals surface area contributed by atoms with E-state index in [1.54, 1.807) is 29.8 Å². The summed E-state index contributed by atoms with van der Waals surface area (Å²) >= 11 is 1.34. The van der Waals surface area contributed by atoms with Gasteiger partial charge in [0.25, 0.3) is 5.91 Å². The molecule has 2 heterocycles. The highest BCUT2D eigenvalue weighted by Gasteiger charge is 2.09. The number of hydrogen-bond acceptors (Lipinski definition) is 6. The van der Waals surface area contributed by atoms with E-state index < -0.39 is 0 Å². The fraction of sp³-hybridized carbons (Fsp3) is 0. The Morgan fingerprint density at radius 2 is 2.31 bits per heavy atom. The lowest BCUT2D eigenvalue weighted by atomic mass is 10.3. The van der Waals surface area contributed by atoms with Crippen molar-refractivity contribution in [3.05, 3.63) is 35.5 Å². The minimum Gasteiger partial charge on any atom is -0.308 e. The summed E-state index contributed by atoms with van der Waals surface area (Å²) in [4.78, 5) is 19.6. The van der Waals surface area contributed by atoms with E-state index in [0.29, 0.717) is 10.9 Å². The third-order valence-corrected chi connectivity index (χ3v) is 2.47. The summed E-state index contributed by atoms with van der Waals surface area (Å²) in [5, 5.41) is 4.95. The molecule has 0 atom stereocenters. The highest BCUT2D eigenvalue weighted by molar-refractivity contribution is 7.13. The van der Waals surface area contributed by atoms with Gasteiger partial charge in [-0.15, -0.1) is 11.3 Å². The van der Waals surface area contributed by atoms with E-state index in [1.807, 2.05) is 0 Å². The SMILES string of the molecule is NNc1cccc(C(=O)Nc2nccs2)n1. The number of nitrogens with one attached hydrogen (secondary N) is 2. The Kier molecular flexibility index (Phi) is 3.08. The first kappa shape index (κ1) is 10.5. The molecule has 0 saturated heterocycles. The topological polar surface area (TPSA) is 92.9 Å². The maximum Gasteiger partial charge on any atom is 0.276 e. The standard InChI is InChI=1S/C9H9N5OS/c10-14-7-3-1-2-6(12-7)8(15)13-9-11-4-5-16-9/h1-5H,10H2,(H,12,14)(H,11,13,15). The summed E-state index contributed by atoms with van der Waals surface area (Å²) in [6.45, 7) is 0. The Bertz CT molecular complexity index is 484. The molecular formula is C9H9N5OS. The van der Waals surface area contributed by atoms with Crippen molar-refractivity contribution < 1.29 is 4.79 Å². The minimum atomic E-state index is -0.313. The highest BCUT2D eigenvalue weighted by atomic mass is 32.1. The number of nitrogen functional groups attached to an aromatic ring is 1. The second-order valence-electron chi connectivity index (χ2n) is 2.84. The number of nitrogens with two attached hydrogens (primary N) is 1. The summed E-state index contributed by atoms with van der Waals surface area (Å²) in [5.41, 5.74) is 2.66. The molecule has 0 saturated carbocycles. The quantitative estimate of drug-likeness (QED) is 0.546. The molecule has 82 valence electrons. The second kappa shape index (κ2) is 4.69. The third-order valence-electron chi connectivity index (χ3n) is 1.78. The number of pyridine rings is 1. The number of hydrazine groups is 1. The van der Waals surface area contributed by atoms with Crippen molar-refractivity contribution in [2.75, 3.05) is 10.7 Å². The molecule has 16 heavy (non-hydrogen) atoms. The number of carbonyl (C=O) groups is 1. The second-order valence-corrected chi connectivity index (χ2v) is 3.74. The van der Waals surface area contributed by atoms with Gasteiger partial charge in [0.2, 0.25) is 0 Å². The van der Waals surface area contributed by atoms with Crippen LogP contribution in [-0.2, 0) is 0 Å². The Morgan fingerprint density at radius 1 is 1.44 bits per heavy atom. The van der Waals surface area contributed by atoms with Crippen LogP contribution in [0.4, 0.5) is 10.9 Å². The first-order valence-corrected chi connectivity index (χ1v) is 5.32. The third kappa shape index (κ3) is 2.33.